The van der Waals surface area contributed by atoms with Crippen molar-refractivity contribution in [2.75, 3.05) is 5.32 Å². The largest absolute Gasteiger partial charge is 0.457 e. The van der Waals surface area contributed by atoms with Gasteiger partial charge in [-0.25, -0.2) is 0 Å². The maximum atomic E-state index is 12.5. The summed E-state index contributed by atoms with van der Waals surface area (Å²) in [5, 5.41) is 5.21. The minimum atomic E-state index is -0.0388. The Hall–Kier alpha value is -3.59. The number of para-hydroxylation sites is 1. The Bertz CT molecular complexity index is 1050. The molecule has 0 radical (unpaired) electrons. The standard InChI is InChI=1S/C24H19NO2/c26-24(17-19-9-6-8-18-7-4-5-12-23(18)19)25-20-13-15-22(16-14-20)27-21-10-2-1-3-11-21/h1-16H,17H2,(H,25,26). The van der Waals surface area contributed by atoms with Crippen LogP contribution in [-0.2, 0) is 11.2 Å². The third-order valence-electron chi connectivity index (χ3n) is 4.35. The van der Waals surface area contributed by atoms with Crippen LogP contribution in [0.2, 0.25) is 0 Å². The van der Waals surface area contributed by atoms with E-state index in [-0.39, 0.29) is 5.91 Å². The Kier molecular flexibility index (Phi) is 4.84. The van der Waals surface area contributed by atoms with Crippen molar-refractivity contribution in [2.45, 2.75) is 6.42 Å². The molecule has 0 fully saturated rings. The second-order valence-corrected chi connectivity index (χ2v) is 6.30. The van der Waals surface area contributed by atoms with Crippen molar-refractivity contribution in [3.63, 3.8) is 0 Å². The number of amides is 1. The third-order valence-corrected chi connectivity index (χ3v) is 4.35. The smallest absolute Gasteiger partial charge is 0.228 e. The first-order valence-electron chi connectivity index (χ1n) is 8.87. The highest BCUT2D eigenvalue weighted by Gasteiger charge is 2.07. The quantitative estimate of drug-likeness (QED) is 0.491. The van der Waals surface area contributed by atoms with Gasteiger partial charge in [-0.3, -0.25) is 4.79 Å². The Morgan fingerprint density at radius 2 is 1.37 bits per heavy atom. The number of hydrogen-bond donors (Lipinski definition) is 1. The number of fused-ring (bicyclic) bond motifs is 1. The minimum Gasteiger partial charge on any atom is -0.457 e. The molecule has 0 saturated carbocycles. The minimum absolute atomic E-state index is 0.0388. The van der Waals surface area contributed by atoms with Gasteiger partial charge in [0.1, 0.15) is 11.5 Å². The fraction of sp³-hybridized carbons (Fsp3) is 0.0417. The molecule has 1 N–H and O–H groups in total. The maximum Gasteiger partial charge on any atom is 0.228 e. The zero-order valence-corrected chi connectivity index (χ0v) is 14.8. The molecule has 0 atom stereocenters. The molecule has 4 aromatic rings. The first-order chi connectivity index (χ1) is 13.3. The lowest BCUT2D eigenvalue weighted by Crippen LogP contribution is -2.14. The zero-order chi connectivity index (χ0) is 18.5. The average molecular weight is 353 g/mol. The molecule has 0 spiro atoms. The van der Waals surface area contributed by atoms with Crippen LogP contribution in [0.15, 0.2) is 97.1 Å². The van der Waals surface area contributed by atoms with E-state index in [1.165, 1.54) is 0 Å². The highest BCUT2D eigenvalue weighted by Crippen LogP contribution is 2.23. The van der Waals surface area contributed by atoms with Crippen LogP contribution < -0.4 is 10.1 Å². The summed E-state index contributed by atoms with van der Waals surface area (Å²) in [4.78, 5) is 12.5. The fourth-order valence-electron chi connectivity index (χ4n) is 3.06. The zero-order valence-electron chi connectivity index (χ0n) is 14.8. The molecule has 0 aliphatic heterocycles. The topological polar surface area (TPSA) is 38.3 Å². The summed E-state index contributed by atoms with van der Waals surface area (Å²) in [5.74, 6) is 1.47. The number of carbonyl (C=O) groups excluding carboxylic acids is 1. The average Bonchev–Trinajstić information content (AvgIpc) is 2.71. The van der Waals surface area contributed by atoms with Gasteiger partial charge in [0.25, 0.3) is 0 Å². The maximum absolute atomic E-state index is 12.5. The van der Waals surface area contributed by atoms with Crippen LogP contribution in [0, 0.1) is 0 Å². The first-order valence-corrected chi connectivity index (χ1v) is 8.87. The molecule has 0 saturated heterocycles. The van der Waals surface area contributed by atoms with E-state index in [0.29, 0.717) is 6.42 Å². The molecule has 132 valence electrons. The van der Waals surface area contributed by atoms with Crippen LogP contribution in [0.25, 0.3) is 10.8 Å². The summed E-state index contributed by atoms with van der Waals surface area (Å²) in [5.41, 5.74) is 1.77. The molecule has 4 aromatic carbocycles. The van der Waals surface area contributed by atoms with Crippen molar-refractivity contribution < 1.29 is 9.53 Å². The third kappa shape index (κ3) is 4.15. The number of carbonyl (C=O) groups is 1. The molecule has 0 heterocycles. The fourth-order valence-corrected chi connectivity index (χ4v) is 3.06. The first kappa shape index (κ1) is 16.9. The predicted molar refractivity (Wildman–Crippen MR) is 109 cm³/mol. The summed E-state index contributed by atoms with van der Waals surface area (Å²) in [7, 11) is 0. The van der Waals surface area contributed by atoms with Crippen LogP contribution in [-0.4, -0.2) is 5.91 Å². The summed E-state index contributed by atoms with van der Waals surface area (Å²) < 4.78 is 5.77. The van der Waals surface area contributed by atoms with Gasteiger partial charge in [-0.1, -0.05) is 60.7 Å². The number of rotatable bonds is 5. The van der Waals surface area contributed by atoms with E-state index in [1.807, 2.05) is 84.9 Å². The SMILES string of the molecule is O=C(Cc1cccc2ccccc12)Nc1ccc(Oc2ccccc2)cc1. The van der Waals surface area contributed by atoms with Crippen molar-refractivity contribution in [1.82, 2.24) is 0 Å². The van der Waals surface area contributed by atoms with Crippen LogP contribution in [0.5, 0.6) is 11.5 Å². The van der Waals surface area contributed by atoms with Gasteiger partial charge in [0.05, 0.1) is 6.42 Å². The van der Waals surface area contributed by atoms with Gasteiger partial charge in [-0.05, 0) is 52.7 Å². The monoisotopic (exact) mass is 353 g/mol. The Morgan fingerprint density at radius 1 is 0.704 bits per heavy atom. The lowest BCUT2D eigenvalue weighted by atomic mass is 10.0. The van der Waals surface area contributed by atoms with Crippen molar-refractivity contribution in [2.24, 2.45) is 0 Å². The molecular weight excluding hydrogens is 334 g/mol. The van der Waals surface area contributed by atoms with E-state index >= 15 is 0 Å². The van der Waals surface area contributed by atoms with Crippen molar-refractivity contribution >= 4 is 22.4 Å². The molecule has 27 heavy (non-hydrogen) atoms. The van der Waals surface area contributed by atoms with Crippen molar-refractivity contribution in [3.8, 4) is 11.5 Å². The van der Waals surface area contributed by atoms with Crippen molar-refractivity contribution in [1.29, 1.82) is 0 Å². The number of anilines is 1. The van der Waals surface area contributed by atoms with Crippen LogP contribution in [0.3, 0.4) is 0 Å². The van der Waals surface area contributed by atoms with Gasteiger partial charge in [0.2, 0.25) is 5.91 Å². The summed E-state index contributed by atoms with van der Waals surface area (Å²) in [6.45, 7) is 0. The Labute approximate surface area is 158 Å². The van der Waals surface area contributed by atoms with Gasteiger partial charge in [-0.2, -0.15) is 0 Å². The molecule has 4 rings (SSSR count). The van der Waals surface area contributed by atoms with Crippen LogP contribution in [0.1, 0.15) is 5.56 Å². The van der Waals surface area contributed by atoms with E-state index < -0.39 is 0 Å². The Balaban J connectivity index is 1.42. The number of nitrogens with one attached hydrogen (secondary N) is 1. The van der Waals surface area contributed by atoms with E-state index in [9.17, 15) is 4.79 Å². The van der Waals surface area contributed by atoms with E-state index in [2.05, 4.69) is 17.4 Å². The van der Waals surface area contributed by atoms with Crippen LogP contribution in [0.4, 0.5) is 5.69 Å². The molecule has 3 nitrogen and oxygen atoms in total. The van der Waals surface area contributed by atoms with Gasteiger partial charge < -0.3 is 10.1 Å². The molecular formula is C24H19NO2. The van der Waals surface area contributed by atoms with E-state index in [4.69, 9.17) is 4.74 Å². The summed E-state index contributed by atoms with van der Waals surface area (Å²) in [6, 6.07) is 31.1. The molecule has 0 unspecified atom stereocenters. The molecule has 0 aromatic heterocycles. The lowest BCUT2D eigenvalue weighted by molar-refractivity contribution is -0.115. The highest BCUT2D eigenvalue weighted by molar-refractivity contribution is 5.96. The molecule has 3 heteroatoms. The van der Waals surface area contributed by atoms with E-state index in [0.717, 1.165) is 33.5 Å². The Morgan fingerprint density at radius 3 is 2.19 bits per heavy atom. The second-order valence-electron chi connectivity index (χ2n) is 6.30. The number of benzene rings is 4. The molecule has 1 amide bonds. The second kappa shape index (κ2) is 7.75. The highest BCUT2D eigenvalue weighted by atomic mass is 16.5. The van der Waals surface area contributed by atoms with Gasteiger partial charge in [0, 0.05) is 5.69 Å². The normalized spacial score (nSPS) is 10.5. The predicted octanol–water partition coefficient (Wildman–Crippen LogP) is 5.81. The van der Waals surface area contributed by atoms with Gasteiger partial charge >= 0.3 is 0 Å². The molecule has 0 aliphatic rings. The molecule has 0 aliphatic carbocycles. The summed E-state index contributed by atoms with van der Waals surface area (Å²) >= 11 is 0. The lowest BCUT2D eigenvalue weighted by Gasteiger charge is -2.09. The van der Waals surface area contributed by atoms with E-state index in [1.54, 1.807) is 0 Å². The van der Waals surface area contributed by atoms with Gasteiger partial charge in [0.15, 0.2) is 0 Å². The van der Waals surface area contributed by atoms with Crippen LogP contribution >= 0.6 is 0 Å². The number of hydrogen-bond acceptors (Lipinski definition) is 2. The molecule has 0 bridgehead atoms. The van der Waals surface area contributed by atoms with Gasteiger partial charge in [-0.15, -0.1) is 0 Å². The van der Waals surface area contributed by atoms with Crippen molar-refractivity contribution in [3.05, 3.63) is 103 Å². The summed E-state index contributed by atoms with van der Waals surface area (Å²) in [6.07, 6.45) is 0.337. The number of ether oxygens (including phenoxy) is 1.